The third-order valence-electron chi connectivity index (χ3n) is 5.27. The fraction of sp³-hybridized carbons (Fsp3) is 0.304. The number of carbonyl (C=O) groups is 1. The number of rotatable bonds is 6. The number of carbonyl (C=O) groups excluding carboxylic acids is 1. The molecule has 2 heterocycles. The highest BCUT2D eigenvalue weighted by Crippen LogP contribution is 2.34. The minimum atomic E-state index is 0.0230. The molecule has 1 saturated heterocycles. The van der Waals surface area contributed by atoms with E-state index in [9.17, 15) is 4.79 Å². The van der Waals surface area contributed by atoms with Gasteiger partial charge in [0.25, 0.3) is 5.91 Å². The second-order valence-corrected chi connectivity index (χ2v) is 9.20. The van der Waals surface area contributed by atoms with E-state index in [0.29, 0.717) is 15.8 Å². The first-order chi connectivity index (χ1) is 14.0. The fourth-order valence-corrected chi connectivity index (χ4v) is 5.20. The number of amides is 1. The Kier molecular flexibility index (Phi) is 5.76. The average Bonchev–Trinajstić information content (AvgIpc) is 3.16. The molecule has 6 heteroatoms. The summed E-state index contributed by atoms with van der Waals surface area (Å²) in [4.78, 5) is 17.4. The molecule has 0 unspecified atom stereocenters. The number of hydrogen-bond acceptors (Lipinski definition) is 4. The monoisotopic (exact) mass is 423 g/mol. The van der Waals surface area contributed by atoms with Crippen molar-refractivity contribution in [1.29, 1.82) is 0 Å². The number of thiocarbonyl (C=S) groups is 1. The molecule has 0 aliphatic carbocycles. The molecule has 4 rings (SSSR count). The van der Waals surface area contributed by atoms with Crippen molar-refractivity contribution in [2.75, 3.05) is 27.2 Å². The molecule has 29 heavy (non-hydrogen) atoms. The molecule has 0 atom stereocenters. The van der Waals surface area contributed by atoms with E-state index in [1.54, 1.807) is 4.90 Å². The van der Waals surface area contributed by atoms with Gasteiger partial charge in [-0.2, -0.15) is 0 Å². The number of para-hydroxylation sites is 1. The molecule has 1 fully saturated rings. The Morgan fingerprint density at radius 3 is 2.62 bits per heavy atom. The third-order valence-corrected chi connectivity index (χ3v) is 6.65. The maximum absolute atomic E-state index is 12.9. The Morgan fingerprint density at radius 1 is 1.10 bits per heavy atom. The van der Waals surface area contributed by atoms with Gasteiger partial charge in [0.2, 0.25) is 0 Å². The topological polar surface area (TPSA) is 28.5 Å². The first-order valence-corrected chi connectivity index (χ1v) is 11.1. The molecule has 2 aromatic carbocycles. The standard InChI is InChI=1S/C23H25N3OS2/c1-4-25-19-9-6-5-8-17(19)18-14-16(10-11-20(18)25)15-21-22(27)26(23(28)29-21)13-7-12-24(2)3/h5-6,8-11,14-15H,4,7,12-13H2,1-3H3/b21-15-. The zero-order chi connectivity index (χ0) is 20.5. The lowest BCUT2D eigenvalue weighted by atomic mass is 10.1. The number of fused-ring (bicyclic) bond motifs is 3. The summed E-state index contributed by atoms with van der Waals surface area (Å²) >= 11 is 6.86. The van der Waals surface area contributed by atoms with Crippen molar-refractivity contribution >= 4 is 62.1 Å². The molecule has 4 nitrogen and oxygen atoms in total. The van der Waals surface area contributed by atoms with Crippen molar-refractivity contribution in [3.05, 3.63) is 52.9 Å². The van der Waals surface area contributed by atoms with Crippen LogP contribution < -0.4 is 0 Å². The van der Waals surface area contributed by atoms with Gasteiger partial charge >= 0.3 is 0 Å². The molecule has 1 aromatic heterocycles. The first-order valence-electron chi connectivity index (χ1n) is 9.90. The second kappa shape index (κ2) is 8.30. The van der Waals surface area contributed by atoms with E-state index in [2.05, 4.69) is 58.9 Å². The van der Waals surface area contributed by atoms with Crippen LogP contribution >= 0.6 is 24.0 Å². The fourth-order valence-electron chi connectivity index (χ4n) is 3.89. The second-order valence-electron chi connectivity index (χ2n) is 7.53. The lowest BCUT2D eigenvalue weighted by Crippen LogP contribution is -2.30. The summed E-state index contributed by atoms with van der Waals surface area (Å²) < 4.78 is 2.99. The zero-order valence-electron chi connectivity index (χ0n) is 17.0. The van der Waals surface area contributed by atoms with Gasteiger partial charge in [0.15, 0.2) is 0 Å². The van der Waals surface area contributed by atoms with Crippen LogP contribution in [0, 0.1) is 0 Å². The van der Waals surface area contributed by atoms with Crippen LogP contribution in [-0.2, 0) is 11.3 Å². The number of benzene rings is 2. The van der Waals surface area contributed by atoms with E-state index >= 15 is 0 Å². The van der Waals surface area contributed by atoms with Crippen molar-refractivity contribution in [2.45, 2.75) is 19.9 Å². The molecular formula is C23H25N3OS2. The zero-order valence-corrected chi connectivity index (χ0v) is 18.6. The van der Waals surface area contributed by atoms with E-state index in [4.69, 9.17) is 12.2 Å². The first kappa shape index (κ1) is 20.1. The minimum absolute atomic E-state index is 0.0230. The lowest BCUT2D eigenvalue weighted by molar-refractivity contribution is -0.122. The van der Waals surface area contributed by atoms with Crippen LogP contribution in [0.25, 0.3) is 27.9 Å². The van der Waals surface area contributed by atoms with Gasteiger partial charge in [-0.3, -0.25) is 9.69 Å². The van der Waals surface area contributed by atoms with Crippen molar-refractivity contribution in [3.8, 4) is 0 Å². The summed E-state index contributed by atoms with van der Waals surface area (Å²) in [6.45, 7) is 4.70. The maximum Gasteiger partial charge on any atom is 0.266 e. The Balaban J connectivity index is 1.65. The number of aryl methyl sites for hydroxylation is 1. The smallest absolute Gasteiger partial charge is 0.266 e. The summed E-state index contributed by atoms with van der Waals surface area (Å²) in [6, 6.07) is 14.9. The van der Waals surface area contributed by atoms with Crippen LogP contribution in [0.3, 0.4) is 0 Å². The van der Waals surface area contributed by atoms with Crippen LogP contribution in [0.15, 0.2) is 47.4 Å². The number of nitrogens with zero attached hydrogens (tertiary/aromatic N) is 3. The molecule has 0 spiro atoms. The van der Waals surface area contributed by atoms with Crippen molar-refractivity contribution in [2.24, 2.45) is 0 Å². The van der Waals surface area contributed by atoms with E-state index < -0.39 is 0 Å². The normalized spacial score (nSPS) is 16.3. The summed E-state index contributed by atoms with van der Waals surface area (Å²) in [5.41, 5.74) is 3.50. The number of hydrogen-bond donors (Lipinski definition) is 0. The highest BCUT2D eigenvalue weighted by molar-refractivity contribution is 8.26. The van der Waals surface area contributed by atoms with Crippen molar-refractivity contribution < 1.29 is 4.79 Å². The summed E-state index contributed by atoms with van der Waals surface area (Å²) in [5.74, 6) is 0.0230. The van der Waals surface area contributed by atoms with Crippen LogP contribution in [0.1, 0.15) is 18.9 Å². The van der Waals surface area contributed by atoms with Gasteiger partial charge in [0.05, 0.1) is 4.91 Å². The molecular weight excluding hydrogens is 398 g/mol. The van der Waals surface area contributed by atoms with Gasteiger partial charge in [0, 0.05) is 34.9 Å². The van der Waals surface area contributed by atoms with Crippen molar-refractivity contribution in [3.63, 3.8) is 0 Å². The highest BCUT2D eigenvalue weighted by Gasteiger charge is 2.31. The third kappa shape index (κ3) is 3.84. The predicted molar refractivity (Wildman–Crippen MR) is 128 cm³/mol. The molecule has 0 radical (unpaired) electrons. The Bertz CT molecular complexity index is 1130. The Labute approximate surface area is 181 Å². The predicted octanol–water partition coefficient (Wildman–Crippen LogP) is 4.97. The van der Waals surface area contributed by atoms with Gasteiger partial charge in [-0.25, -0.2) is 0 Å². The quantitative estimate of drug-likeness (QED) is 0.414. The Morgan fingerprint density at radius 2 is 1.86 bits per heavy atom. The lowest BCUT2D eigenvalue weighted by Gasteiger charge is -2.16. The van der Waals surface area contributed by atoms with Gasteiger partial charge in [-0.05, 0) is 63.8 Å². The molecule has 1 aliphatic heterocycles. The van der Waals surface area contributed by atoms with Crippen molar-refractivity contribution in [1.82, 2.24) is 14.4 Å². The number of aromatic nitrogens is 1. The molecule has 0 N–H and O–H groups in total. The van der Waals surface area contributed by atoms with Gasteiger partial charge in [-0.15, -0.1) is 0 Å². The van der Waals surface area contributed by atoms with Crippen LogP contribution in [0.4, 0.5) is 0 Å². The SMILES string of the molecule is CCn1c2ccccc2c2cc(/C=C3\SC(=S)N(CCCN(C)C)C3=O)ccc21. The molecule has 0 saturated carbocycles. The molecule has 150 valence electrons. The van der Waals surface area contributed by atoms with Gasteiger partial charge < -0.3 is 9.47 Å². The summed E-state index contributed by atoms with van der Waals surface area (Å²) in [7, 11) is 4.08. The summed E-state index contributed by atoms with van der Waals surface area (Å²) in [6.07, 6.45) is 2.89. The average molecular weight is 424 g/mol. The van der Waals surface area contributed by atoms with E-state index in [1.807, 2.05) is 20.2 Å². The van der Waals surface area contributed by atoms with E-state index in [-0.39, 0.29) is 5.91 Å². The minimum Gasteiger partial charge on any atom is -0.341 e. The van der Waals surface area contributed by atoms with Crippen LogP contribution in [0.5, 0.6) is 0 Å². The van der Waals surface area contributed by atoms with Gasteiger partial charge in [0.1, 0.15) is 4.32 Å². The molecule has 0 bridgehead atoms. The summed E-state index contributed by atoms with van der Waals surface area (Å²) in [5, 5.41) is 2.47. The largest absolute Gasteiger partial charge is 0.341 e. The number of thioether (sulfide) groups is 1. The van der Waals surface area contributed by atoms with Gasteiger partial charge in [-0.1, -0.05) is 48.2 Å². The maximum atomic E-state index is 12.9. The van der Waals surface area contributed by atoms with E-state index in [0.717, 1.165) is 25.1 Å². The highest BCUT2D eigenvalue weighted by atomic mass is 32.2. The Hall–Kier alpha value is -2.15. The molecule has 3 aromatic rings. The molecule has 1 amide bonds. The van der Waals surface area contributed by atoms with Crippen LogP contribution in [0.2, 0.25) is 0 Å². The van der Waals surface area contributed by atoms with Crippen LogP contribution in [-0.4, -0.2) is 51.8 Å². The van der Waals surface area contributed by atoms with E-state index in [1.165, 1.54) is 33.6 Å². The molecule has 1 aliphatic rings.